The highest BCUT2D eigenvalue weighted by molar-refractivity contribution is 4.97. The maximum absolute atomic E-state index is 5.81. The van der Waals surface area contributed by atoms with E-state index in [1.165, 1.54) is 44.3 Å². The smallest absolute Gasteiger partial charge is 0.110 e. The molecule has 2 rings (SSSR count). The summed E-state index contributed by atoms with van der Waals surface area (Å²) in [6.07, 6.45) is 14.2. The second-order valence-electron chi connectivity index (χ2n) is 5.77. The molecule has 0 saturated heterocycles. The van der Waals surface area contributed by atoms with Crippen LogP contribution in [0.25, 0.3) is 0 Å². The van der Waals surface area contributed by atoms with E-state index in [4.69, 9.17) is 5.84 Å². The first-order chi connectivity index (χ1) is 9.35. The summed E-state index contributed by atoms with van der Waals surface area (Å²) in [5, 5.41) is 0. The van der Waals surface area contributed by atoms with E-state index in [0.717, 1.165) is 19.4 Å². The van der Waals surface area contributed by atoms with Gasteiger partial charge in [0.2, 0.25) is 0 Å². The molecule has 1 unspecified atom stereocenters. The Balaban J connectivity index is 1.98. The lowest BCUT2D eigenvalue weighted by Gasteiger charge is -2.25. The summed E-state index contributed by atoms with van der Waals surface area (Å²) in [6, 6.07) is 0.371. The van der Waals surface area contributed by atoms with Crippen LogP contribution >= 0.6 is 0 Å². The fourth-order valence-corrected chi connectivity index (χ4v) is 3.25. The van der Waals surface area contributed by atoms with Gasteiger partial charge in [0.1, 0.15) is 5.82 Å². The van der Waals surface area contributed by atoms with Crippen LogP contribution in [0.2, 0.25) is 0 Å². The van der Waals surface area contributed by atoms with Crippen LogP contribution in [0.1, 0.15) is 57.7 Å². The van der Waals surface area contributed by atoms with Crippen molar-refractivity contribution in [2.45, 2.75) is 70.9 Å². The van der Waals surface area contributed by atoms with Crippen LogP contribution < -0.4 is 11.3 Å². The van der Waals surface area contributed by atoms with Crippen LogP contribution in [-0.4, -0.2) is 15.6 Å². The zero-order valence-corrected chi connectivity index (χ0v) is 12.1. The Morgan fingerprint density at radius 3 is 2.74 bits per heavy atom. The SMILES string of the molecule is CCCn1ccnc1CC(NN)C1CCCCCC1. The first-order valence-corrected chi connectivity index (χ1v) is 7.81. The van der Waals surface area contributed by atoms with Crippen molar-refractivity contribution >= 4 is 0 Å². The lowest BCUT2D eigenvalue weighted by atomic mass is 9.90. The highest BCUT2D eigenvalue weighted by Gasteiger charge is 2.23. The lowest BCUT2D eigenvalue weighted by Crippen LogP contribution is -2.43. The molecule has 3 N–H and O–H groups in total. The standard InChI is InChI=1S/C15H28N4/c1-2-10-19-11-9-17-15(19)12-14(18-16)13-7-5-3-4-6-8-13/h9,11,13-14,18H,2-8,10,12,16H2,1H3. The van der Waals surface area contributed by atoms with E-state index in [9.17, 15) is 0 Å². The fourth-order valence-electron chi connectivity index (χ4n) is 3.25. The number of nitrogens with zero attached hydrogens (tertiary/aromatic N) is 2. The summed E-state index contributed by atoms with van der Waals surface area (Å²) < 4.78 is 2.26. The second kappa shape index (κ2) is 7.65. The molecule has 4 nitrogen and oxygen atoms in total. The third-order valence-electron chi connectivity index (χ3n) is 4.35. The molecule has 0 radical (unpaired) electrons. The van der Waals surface area contributed by atoms with Gasteiger partial charge in [-0.2, -0.15) is 0 Å². The van der Waals surface area contributed by atoms with Crippen LogP contribution in [0.15, 0.2) is 12.4 Å². The van der Waals surface area contributed by atoms with Gasteiger partial charge in [0.25, 0.3) is 0 Å². The Hall–Kier alpha value is -0.870. The molecule has 108 valence electrons. The number of nitrogens with one attached hydrogen (secondary N) is 1. The van der Waals surface area contributed by atoms with Gasteiger partial charge in [-0.3, -0.25) is 11.3 Å². The number of nitrogens with two attached hydrogens (primary N) is 1. The van der Waals surface area contributed by atoms with Crippen molar-refractivity contribution in [1.82, 2.24) is 15.0 Å². The molecule has 1 heterocycles. The number of hydrogen-bond donors (Lipinski definition) is 2. The Labute approximate surface area is 116 Å². The molecule has 1 saturated carbocycles. The minimum absolute atomic E-state index is 0.371. The molecule has 0 bridgehead atoms. The number of aryl methyl sites for hydroxylation is 1. The zero-order valence-electron chi connectivity index (χ0n) is 12.1. The monoisotopic (exact) mass is 264 g/mol. The average Bonchev–Trinajstić information content (AvgIpc) is 2.69. The van der Waals surface area contributed by atoms with Gasteiger partial charge < -0.3 is 4.57 Å². The topological polar surface area (TPSA) is 55.9 Å². The molecule has 0 amide bonds. The third-order valence-corrected chi connectivity index (χ3v) is 4.35. The number of rotatable bonds is 6. The fraction of sp³-hybridized carbons (Fsp3) is 0.800. The van der Waals surface area contributed by atoms with E-state index in [1.807, 2.05) is 6.20 Å². The number of imidazole rings is 1. The predicted molar refractivity (Wildman–Crippen MR) is 78.5 cm³/mol. The molecule has 19 heavy (non-hydrogen) atoms. The first kappa shape index (κ1) is 14.5. The largest absolute Gasteiger partial charge is 0.335 e. The van der Waals surface area contributed by atoms with Gasteiger partial charge in [0, 0.05) is 31.4 Å². The number of hydrogen-bond acceptors (Lipinski definition) is 3. The minimum Gasteiger partial charge on any atom is -0.335 e. The van der Waals surface area contributed by atoms with Gasteiger partial charge in [0.15, 0.2) is 0 Å². The summed E-state index contributed by atoms with van der Waals surface area (Å²) in [5.74, 6) is 7.69. The summed E-state index contributed by atoms with van der Waals surface area (Å²) in [6.45, 7) is 3.25. The van der Waals surface area contributed by atoms with Crippen molar-refractivity contribution in [3.63, 3.8) is 0 Å². The van der Waals surface area contributed by atoms with Crippen molar-refractivity contribution in [3.8, 4) is 0 Å². The Morgan fingerprint density at radius 2 is 2.11 bits per heavy atom. The third kappa shape index (κ3) is 4.05. The molecule has 1 aromatic rings. The van der Waals surface area contributed by atoms with Crippen molar-refractivity contribution in [2.75, 3.05) is 0 Å². The number of aromatic nitrogens is 2. The summed E-state index contributed by atoms with van der Waals surface area (Å²) in [4.78, 5) is 4.51. The molecule has 1 fully saturated rings. The summed E-state index contributed by atoms with van der Waals surface area (Å²) >= 11 is 0. The quantitative estimate of drug-likeness (QED) is 0.472. The van der Waals surface area contributed by atoms with E-state index in [0.29, 0.717) is 12.0 Å². The molecule has 0 aromatic carbocycles. The normalized spacial score (nSPS) is 19.3. The van der Waals surface area contributed by atoms with Crippen molar-refractivity contribution in [1.29, 1.82) is 0 Å². The minimum atomic E-state index is 0.371. The van der Waals surface area contributed by atoms with Crippen LogP contribution in [0.4, 0.5) is 0 Å². The maximum atomic E-state index is 5.81. The first-order valence-electron chi connectivity index (χ1n) is 7.81. The Bertz CT molecular complexity index is 353. The van der Waals surface area contributed by atoms with E-state index < -0.39 is 0 Å². The van der Waals surface area contributed by atoms with E-state index >= 15 is 0 Å². The van der Waals surface area contributed by atoms with Gasteiger partial charge in [0.05, 0.1) is 0 Å². The molecule has 1 aliphatic carbocycles. The Morgan fingerprint density at radius 1 is 1.37 bits per heavy atom. The van der Waals surface area contributed by atoms with Crippen LogP contribution in [0, 0.1) is 5.92 Å². The van der Waals surface area contributed by atoms with Crippen molar-refractivity contribution in [2.24, 2.45) is 11.8 Å². The highest BCUT2D eigenvalue weighted by atomic mass is 15.2. The van der Waals surface area contributed by atoms with E-state index in [2.05, 4.69) is 28.1 Å². The van der Waals surface area contributed by atoms with Crippen LogP contribution in [-0.2, 0) is 13.0 Å². The molecule has 0 spiro atoms. The van der Waals surface area contributed by atoms with Gasteiger partial charge in [-0.15, -0.1) is 0 Å². The van der Waals surface area contributed by atoms with E-state index in [1.54, 1.807) is 0 Å². The molecule has 0 aliphatic heterocycles. The highest BCUT2D eigenvalue weighted by Crippen LogP contribution is 2.26. The summed E-state index contributed by atoms with van der Waals surface area (Å²) in [5.41, 5.74) is 3.05. The van der Waals surface area contributed by atoms with Gasteiger partial charge >= 0.3 is 0 Å². The average molecular weight is 264 g/mol. The molecular weight excluding hydrogens is 236 g/mol. The molecule has 4 heteroatoms. The zero-order chi connectivity index (χ0) is 13.5. The molecule has 1 atom stereocenters. The van der Waals surface area contributed by atoms with Gasteiger partial charge in [-0.1, -0.05) is 32.6 Å². The molecule has 1 aliphatic rings. The van der Waals surface area contributed by atoms with Crippen LogP contribution in [0.5, 0.6) is 0 Å². The number of hydrazine groups is 1. The maximum Gasteiger partial charge on any atom is 0.110 e. The van der Waals surface area contributed by atoms with Crippen molar-refractivity contribution < 1.29 is 0 Å². The predicted octanol–water partition coefficient (Wildman–Crippen LogP) is 2.64. The van der Waals surface area contributed by atoms with Gasteiger partial charge in [-0.25, -0.2) is 4.98 Å². The van der Waals surface area contributed by atoms with Gasteiger partial charge in [-0.05, 0) is 25.2 Å². The Kier molecular flexibility index (Phi) is 5.86. The molecule has 1 aromatic heterocycles. The summed E-state index contributed by atoms with van der Waals surface area (Å²) in [7, 11) is 0. The lowest BCUT2D eigenvalue weighted by molar-refractivity contribution is 0.314. The van der Waals surface area contributed by atoms with Crippen LogP contribution in [0.3, 0.4) is 0 Å². The molecular formula is C15H28N4. The van der Waals surface area contributed by atoms with E-state index in [-0.39, 0.29) is 0 Å². The van der Waals surface area contributed by atoms with Crippen molar-refractivity contribution in [3.05, 3.63) is 18.2 Å². The second-order valence-corrected chi connectivity index (χ2v) is 5.77.